The summed E-state index contributed by atoms with van der Waals surface area (Å²) in [4.78, 5) is 14.9. The number of hydrogen-bond acceptors (Lipinski definition) is 4. The standard InChI is InChI=1S/C7H16N2O3/c1-5(7(2,3)11)9-12-4-6(8)10/h5,9,11H,4H2,1-3H3,(H2,8,10). The molecule has 0 aromatic heterocycles. The largest absolute Gasteiger partial charge is 0.389 e. The van der Waals surface area contributed by atoms with Gasteiger partial charge < -0.3 is 10.8 Å². The van der Waals surface area contributed by atoms with E-state index in [2.05, 4.69) is 5.48 Å². The molecule has 0 radical (unpaired) electrons. The van der Waals surface area contributed by atoms with E-state index in [1.54, 1.807) is 20.8 Å². The predicted octanol–water partition coefficient (Wildman–Crippen LogP) is -0.848. The van der Waals surface area contributed by atoms with Crippen molar-refractivity contribution >= 4 is 5.91 Å². The van der Waals surface area contributed by atoms with E-state index in [4.69, 9.17) is 10.6 Å². The molecule has 5 heteroatoms. The highest BCUT2D eigenvalue weighted by Crippen LogP contribution is 2.06. The van der Waals surface area contributed by atoms with Crippen molar-refractivity contribution in [3.8, 4) is 0 Å². The summed E-state index contributed by atoms with van der Waals surface area (Å²) in [6.45, 7) is 4.82. The van der Waals surface area contributed by atoms with E-state index >= 15 is 0 Å². The summed E-state index contributed by atoms with van der Waals surface area (Å²) in [6, 6.07) is -0.267. The van der Waals surface area contributed by atoms with Crippen LogP contribution in [-0.2, 0) is 9.63 Å². The third kappa shape index (κ3) is 5.06. The number of carbonyl (C=O) groups excluding carboxylic acids is 1. The number of nitrogens with one attached hydrogen (secondary N) is 1. The second kappa shape index (κ2) is 4.39. The molecule has 5 nitrogen and oxygen atoms in total. The number of rotatable bonds is 5. The lowest BCUT2D eigenvalue weighted by Crippen LogP contribution is -2.45. The van der Waals surface area contributed by atoms with E-state index in [0.717, 1.165) is 0 Å². The van der Waals surface area contributed by atoms with Gasteiger partial charge in [-0.05, 0) is 20.8 Å². The van der Waals surface area contributed by atoms with Gasteiger partial charge in [0.1, 0.15) is 6.61 Å². The van der Waals surface area contributed by atoms with Crippen LogP contribution < -0.4 is 11.2 Å². The van der Waals surface area contributed by atoms with Gasteiger partial charge in [0.05, 0.1) is 11.6 Å². The van der Waals surface area contributed by atoms with Crippen molar-refractivity contribution in [3.05, 3.63) is 0 Å². The van der Waals surface area contributed by atoms with Gasteiger partial charge in [0.2, 0.25) is 5.91 Å². The van der Waals surface area contributed by atoms with E-state index < -0.39 is 11.5 Å². The molecule has 0 aliphatic heterocycles. The van der Waals surface area contributed by atoms with Crippen molar-refractivity contribution in [1.29, 1.82) is 0 Å². The first-order valence-corrected chi connectivity index (χ1v) is 3.72. The minimum Gasteiger partial charge on any atom is -0.389 e. The van der Waals surface area contributed by atoms with Crippen molar-refractivity contribution in [2.45, 2.75) is 32.4 Å². The van der Waals surface area contributed by atoms with Crippen LogP contribution in [-0.4, -0.2) is 29.3 Å². The minimum atomic E-state index is -0.891. The molecule has 0 heterocycles. The zero-order chi connectivity index (χ0) is 9.78. The average Bonchev–Trinajstić information content (AvgIpc) is 1.84. The van der Waals surface area contributed by atoms with Crippen LogP contribution in [0.2, 0.25) is 0 Å². The summed E-state index contributed by atoms with van der Waals surface area (Å²) >= 11 is 0. The molecule has 0 rings (SSSR count). The first-order chi connectivity index (χ1) is 5.34. The number of aliphatic hydroxyl groups is 1. The van der Waals surface area contributed by atoms with Crippen molar-refractivity contribution in [2.24, 2.45) is 5.73 Å². The fourth-order valence-electron chi connectivity index (χ4n) is 0.382. The Hall–Kier alpha value is -0.650. The molecular formula is C7H16N2O3. The second-order valence-electron chi connectivity index (χ2n) is 3.25. The van der Waals surface area contributed by atoms with Gasteiger partial charge in [0.25, 0.3) is 0 Å². The Balaban J connectivity index is 3.58. The smallest absolute Gasteiger partial charge is 0.245 e. The Labute approximate surface area is 71.8 Å². The Kier molecular flexibility index (Phi) is 4.16. The van der Waals surface area contributed by atoms with Crippen LogP contribution in [0.1, 0.15) is 20.8 Å². The van der Waals surface area contributed by atoms with Gasteiger partial charge >= 0.3 is 0 Å². The Morgan fingerprint density at radius 3 is 2.58 bits per heavy atom. The van der Waals surface area contributed by atoms with Gasteiger partial charge in [-0.15, -0.1) is 0 Å². The SMILES string of the molecule is CC(NOCC(N)=O)C(C)(C)O. The molecule has 12 heavy (non-hydrogen) atoms. The van der Waals surface area contributed by atoms with E-state index in [1.807, 2.05) is 0 Å². The summed E-state index contributed by atoms with van der Waals surface area (Å²) in [5.41, 5.74) is 6.43. The van der Waals surface area contributed by atoms with Crippen LogP contribution in [0.15, 0.2) is 0 Å². The maximum atomic E-state index is 10.2. The maximum absolute atomic E-state index is 10.2. The quantitative estimate of drug-likeness (QED) is 0.476. The fraction of sp³-hybridized carbons (Fsp3) is 0.857. The van der Waals surface area contributed by atoms with E-state index in [9.17, 15) is 9.90 Å². The molecule has 0 saturated heterocycles. The highest BCUT2D eigenvalue weighted by molar-refractivity contribution is 5.74. The van der Waals surface area contributed by atoms with Crippen LogP contribution in [0, 0.1) is 0 Å². The van der Waals surface area contributed by atoms with Gasteiger partial charge in [-0.25, -0.2) is 0 Å². The molecule has 1 unspecified atom stereocenters. The van der Waals surface area contributed by atoms with Crippen molar-refractivity contribution in [3.63, 3.8) is 0 Å². The normalized spacial score (nSPS) is 14.3. The molecule has 0 aromatic rings. The number of carbonyl (C=O) groups is 1. The summed E-state index contributed by atoms with van der Waals surface area (Å²) in [6.07, 6.45) is 0. The molecule has 1 amide bonds. The van der Waals surface area contributed by atoms with E-state index in [-0.39, 0.29) is 12.6 Å². The van der Waals surface area contributed by atoms with Crippen LogP contribution in [0.25, 0.3) is 0 Å². The zero-order valence-electron chi connectivity index (χ0n) is 7.63. The van der Waals surface area contributed by atoms with E-state index in [1.165, 1.54) is 0 Å². The lowest BCUT2D eigenvalue weighted by atomic mass is 10.0. The Morgan fingerprint density at radius 2 is 2.25 bits per heavy atom. The summed E-state index contributed by atoms with van der Waals surface area (Å²) < 4.78 is 0. The molecule has 0 spiro atoms. The highest BCUT2D eigenvalue weighted by Gasteiger charge is 2.22. The predicted molar refractivity (Wildman–Crippen MR) is 44.0 cm³/mol. The molecule has 0 aromatic carbocycles. The number of primary amides is 1. The monoisotopic (exact) mass is 176 g/mol. The number of nitrogens with two attached hydrogens (primary N) is 1. The molecule has 0 saturated carbocycles. The van der Waals surface area contributed by atoms with Crippen molar-refractivity contribution in [2.75, 3.05) is 6.61 Å². The van der Waals surface area contributed by atoms with E-state index in [0.29, 0.717) is 0 Å². The van der Waals surface area contributed by atoms with Gasteiger partial charge in [0, 0.05) is 0 Å². The third-order valence-electron chi connectivity index (χ3n) is 1.53. The molecule has 0 aliphatic rings. The fourth-order valence-corrected chi connectivity index (χ4v) is 0.382. The summed E-state index contributed by atoms with van der Waals surface area (Å²) in [7, 11) is 0. The average molecular weight is 176 g/mol. The van der Waals surface area contributed by atoms with Crippen LogP contribution in [0.5, 0.6) is 0 Å². The Morgan fingerprint density at radius 1 is 1.75 bits per heavy atom. The summed E-state index contributed by atoms with van der Waals surface area (Å²) in [5.74, 6) is -0.551. The summed E-state index contributed by atoms with van der Waals surface area (Å²) in [5, 5.41) is 9.39. The molecule has 0 fully saturated rings. The first-order valence-electron chi connectivity index (χ1n) is 3.72. The van der Waals surface area contributed by atoms with Gasteiger partial charge in [0.15, 0.2) is 0 Å². The third-order valence-corrected chi connectivity index (χ3v) is 1.53. The van der Waals surface area contributed by atoms with Crippen LogP contribution in [0.4, 0.5) is 0 Å². The van der Waals surface area contributed by atoms with Crippen LogP contribution >= 0.6 is 0 Å². The molecule has 4 N–H and O–H groups in total. The first kappa shape index (κ1) is 11.4. The van der Waals surface area contributed by atoms with Gasteiger partial charge in [-0.1, -0.05) is 0 Å². The zero-order valence-corrected chi connectivity index (χ0v) is 7.63. The Bertz CT molecular complexity index is 153. The number of amides is 1. The number of hydrogen-bond donors (Lipinski definition) is 3. The van der Waals surface area contributed by atoms with Gasteiger partial charge in [-0.3, -0.25) is 9.63 Å². The molecule has 1 atom stereocenters. The highest BCUT2D eigenvalue weighted by atomic mass is 16.6. The van der Waals surface area contributed by atoms with Crippen LogP contribution in [0.3, 0.4) is 0 Å². The molecule has 0 bridgehead atoms. The molecular weight excluding hydrogens is 160 g/mol. The van der Waals surface area contributed by atoms with Crippen molar-refractivity contribution in [1.82, 2.24) is 5.48 Å². The molecule has 0 aliphatic carbocycles. The van der Waals surface area contributed by atoms with Crippen molar-refractivity contribution < 1.29 is 14.7 Å². The minimum absolute atomic E-state index is 0.194. The maximum Gasteiger partial charge on any atom is 0.245 e. The molecule has 72 valence electrons. The second-order valence-corrected chi connectivity index (χ2v) is 3.25. The topological polar surface area (TPSA) is 84.6 Å². The van der Waals surface area contributed by atoms with Gasteiger partial charge in [-0.2, -0.15) is 5.48 Å². The number of hydroxylamine groups is 1. The lowest BCUT2D eigenvalue weighted by Gasteiger charge is -2.25. The lowest BCUT2D eigenvalue weighted by molar-refractivity contribution is -0.128.